The summed E-state index contributed by atoms with van der Waals surface area (Å²) in [6.07, 6.45) is 3.23. The van der Waals surface area contributed by atoms with Crippen molar-refractivity contribution in [2.45, 2.75) is 58.5 Å². The molecule has 1 aliphatic heterocycles. The fourth-order valence-corrected chi connectivity index (χ4v) is 6.52. The smallest absolute Gasteiger partial charge is 0.326 e. The predicted molar refractivity (Wildman–Crippen MR) is 164 cm³/mol. The monoisotopic (exact) mass is 572 g/mol. The fraction of sp³-hybridized carbons (Fsp3) is 0.424. The Morgan fingerprint density at radius 1 is 0.881 bits per heavy atom. The van der Waals surface area contributed by atoms with E-state index in [4.69, 9.17) is 4.74 Å². The van der Waals surface area contributed by atoms with Crippen LogP contribution < -0.4 is 16.0 Å². The van der Waals surface area contributed by atoms with Gasteiger partial charge in [-0.2, -0.15) is 0 Å². The van der Waals surface area contributed by atoms with Crippen LogP contribution in [0.1, 0.15) is 52.7 Å². The molecular formula is C33H40N4O5. The van der Waals surface area contributed by atoms with Gasteiger partial charge in [0.25, 0.3) is 5.91 Å². The molecule has 3 aromatic rings. The van der Waals surface area contributed by atoms with Crippen LogP contribution in [0.3, 0.4) is 0 Å². The Morgan fingerprint density at radius 3 is 2.12 bits per heavy atom. The second kappa shape index (κ2) is 12.9. The number of urea groups is 1. The number of aryl methyl sites for hydroxylation is 3. The number of anilines is 2. The van der Waals surface area contributed by atoms with Crippen molar-refractivity contribution >= 4 is 40.1 Å². The Balaban J connectivity index is 1.34. The number of aliphatic carboxylic acids is 1. The maximum Gasteiger partial charge on any atom is 0.326 e. The van der Waals surface area contributed by atoms with E-state index in [-0.39, 0.29) is 11.5 Å². The van der Waals surface area contributed by atoms with Crippen molar-refractivity contribution in [3.8, 4) is 0 Å². The summed E-state index contributed by atoms with van der Waals surface area (Å²) in [6.45, 7) is 9.15. The Labute approximate surface area is 246 Å². The van der Waals surface area contributed by atoms with Crippen LogP contribution in [0.4, 0.5) is 16.2 Å². The molecule has 1 atom stereocenters. The second-order valence-corrected chi connectivity index (χ2v) is 11.6. The molecule has 3 amide bonds. The molecule has 1 saturated heterocycles. The van der Waals surface area contributed by atoms with Crippen LogP contribution in [-0.2, 0) is 9.53 Å². The zero-order valence-electron chi connectivity index (χ0n) is 24.5. The van der Waals surface area contributed by atoms with Gasteiger partial charge >= 0.3 is 12.0 Å². The molecule has 222 valence electrons. The highest BCUT2D eigenvalue weighted by atomic mass is 16.5. The van der Waals surface area contributed by atoms with Gasteiger partial charge < -0.3 is 25.8 Å². The predicted octanol–water partition coefficient (Wildman–Crippen LogP) is 5.48. The first-order valence-corrected chi connectivity index (χ1v) is 14.7. The maximum atomic E-state index is 13.7. The van der Waals surface area contributed by atoms with E-state index < -0.39 is 23.9 Å². The first-order valence-electron chi connectivity index (χ1n) is 14.7. The summed E-state index contributed by atoms with van der Waals surface area (Å²) in [5.74, 6) is -1.74. The molecular weight excluding hydrogens is 532 g/mol. The number of nitrogens with zero attached hydrogens (tertiary/aromatic N) is 1. The van der Waals surface area contributed by atoms with Crippen LogP contribution in [0.5, 0.6) is 0 Å². The van der Waals surface area contributed by atoms with Crippen molar-refractivity contribution < 1.29 is 24.2 Å². The summed E-state index contributed by atoms with van der Waals surface area (Å²) >= 11 is 0. The summed E-state index contributed by atoms with van der Waals surface area (Å²) in [5, 5.41) is 20.4. The lowest BCUT2D eigenvalue weighted by Crippen LogP contribution is -2.50. The minimum absolute atomic E-state index is 0.170. The molecule has 3 aromatic carbocycles. The molecule has 1 unspecified atom stereocenters. The van der Waals surface area contributed by atoms with Crippen molar-refractivity contribution in [1.29, 1.82) is 0 Å². The van der Waals surface area contributed by atoms with E-state index >= 15 is 0 Å². The number of carbonyl (C=O) groups excluding carboxylic acids is 2. The van der Waals surface area contributed by atoms with Crippen LogP contribution in [0, 0.1) is 26.7 Å². The van der Waals surface area contributed by atoms with E-state index in [0.717, 1.165) is 79.4 Å². The van der Waals surface area contributed by atoms with Gasteiger partial charge in [-0.05, 0) is 86.4 Å². The number of carboxylic acid groups (broad SMARTS) is 1. The minimum atomic E-state index is -1.04. The van der Waals surface area contributed by atoms with Gasteiger partial charge in [-0.3, -0.25) is 9.69 Å². The molecule has 0 bridgehead atoms. The first kappa shape index (κ1) is 29.5. The number of hydrogen-bond acceptors (Lipinski definition) is 5. The van der Waals surface area contributed by atoms with E-state index in [1.165, 1.54) is 0 Å². The van der Waals surface area contributed by atoms with E-state index in [1.807, 2.05) is 57.2 Å². The van der Waals surface area contributed by atoms with Gasteiger partial charge in [0.2, 0.25) is 0 Å². The van der Waals surface area contributed by atoms with Gasteiger partial charge in [0.05, 0.1) is 24.5 Å². The third-order valence-corrected chi connectivity index (χ3v) is 8.62. The number of benzene rings is 3. The summed E-state index contributed by atoms with van der Waals surface area (Å²) in [4.78, 5) is 41.7. The average Bonchev–Trinajstić information content (AvgIpc) is 2.97. The van der Waals surface area contributed by atoms with E-state index in [2.05, 4.69) is 20.9 Å². The zero-order chi connectivity index (χ0) is 29.8. The van der Waals surface area contributed by atoms with Gasteiger partial charge in [-0.25, -0.2) is 9.59 Å². The summed E-state index contributed by atoms with van der Waals surface area (Å²) < 4.78 is 5.47. The van der Waals surface area contributed by atoms with Gasteiger partial charge in [0.15, 0.2) is 0 Å². The van der Waals surface area contributed by atoms with Crippen molar-refractivity contribution in [3.63, 3.8) is 0 Å². The Morgan fingerprint density at radius 2 is 1.50 bits per heavy atom. The molecule has 2 fully saturated rings. The van der Waals surface area contributed by atoms with Crippen molar-refractivity contribution in [2.75, 3.05) is 36.9 Å². The first-order chi connectivity index (χ1) is 20.2. The number of hydrogen-bond donors (Lipinski definition) is 4. The Bertz CT molecular complexity index is 1450. The fourth-order valence-electron chi connectivity index (χ4n) is 6.52. The van der Waals surface area contributed by atoms with E-state index in [9.17, 15) is 19.5 Å². The number of fused-ring (bicyclic) bond motifs is 1. The third-order valence-electron chi connectivity index (χ3n) is 8.62. The molecule has 9 nitrogen and oxygen atoms in total. The van der Waals surface area contributed by atoms with Gasteiger partial charge in [-0.1, -0.05) is 42.0 Å². The van der Waals surface area contributed by atoms with Crippen LogP contribution in [0.15, 0.2) is 48.5 Å². The molecule has 42 heavy (non-hydrogen) atoms. The Hall–Kier alpha value is -3.95. The Kier molecular flexibility index (Phi) is 9.09. The lowest BCUT2D eigenvalue weighted by Gasteiger charge is -2.40. The van der Waals surface area contributed by atoms with Crippen molar-refractivity contribution in [2.24, 2.45) is 5.92 Å². The number of amides is 3. The number of nitrogens with one attached hydrogen (secondary N) is 3. The lowest BCUT2D eigenvalue weighted by molar-refractivity contribution is -0.141. The standard InChI is InChI=1S/C33H40N4O5/c1-20-16-21(2)29(22(3)17-20)36-33(41)34-28-19-25-7-5-4-6-24(25)18-27(28)31(38)35-30(32(39)40)23-8-10-26(11-9-23)37-12-14-42-15-13-37/h4-7,16-19,23,26,30H,8-15H2,1-3H3,(H,35,38)(H,39,40)(H2,34,36,41). The number of rotatable bonds is 7. The van der Waals surface area contributed by atoms with Gasteiger partial charge in [0, 0.05) is 24.8 Å². The molecule has 2 aliphatic rings. The van der Waals surface area contributed by atoms with Crippen LogP contribution in [0.2, 0.25) is 0 Å². The zero-order valence-corrected chi connectivity index (χ0v) is 24.5. The number of carboxylic acids is 1. The highest BCUT2D eigenvalue weighted by molar-refractivity contribution is 6.10. The molecule has 0 aromatic heterocycles. The number of morpholine rings is 1. The molecule has 4 N–H and O–H groups in total. The number of ether oxygens (including phenoxy) is 1. The molecule has 1 heterocycles. The van der Waals surface area contributed by atoms with Crippen molar-refractivity contribution in [1.82, 2.24) is 10.2 Å². The van der Waals surface area contributed by atoms with E-state index in [1.54, 1.807) is 12.1 Å². The van der Waals surface area contributed by atoms with Crippen LogP contribution in [0.25, 0.3) is 10.8 Å². The van der Waals surface area contributed by atoms with Crippen LogP contribution in [-0.4, -0.2) is 66.3 Å². The normalized spacial score (nSPS) is 20.1. The summed E-state index contributed by atoms with van der Waals surface area (Å²) in [7, 11) is 0. The lowest BCUT2D eigenvalue weighted by atomic mass is 9.80. The largest absolute Gasteiger partial charge is 0.480 e. The quantitative estimate of drug-likeness (QED) is 0.298. The SMILES string of the molecule is Cc1cc(C)c(NC(=O)Nc2cc3ccccc3cc2C(=O)NC(C(=O)O)C2CCC(N3CCOCC3)CC2)c(C)c1. The summed E-state index contributed by atoms with van der Waals surface area (Å²) in [5.41, 5.74) is 4.22. The topological polar surface area (TPSA) is 120 Å². The molecule has 5 rings (SSSR count). The third kappa shape index (κ3) is 6.74. The second-order valence-electron chi connectivity index (χ2n) is 11.6. The molecule has 9 heteroatoms. The molecule has 1 aliphatic carbocycles. The highest BCUT2D eigenvalue weighted by Gasteiger charge is 2.35. The molecule has 1 saturated carbocycles. The van der Waals surface area contributed by atoms with Gasteiger partial charge in [-0.15, -0.1) is 0 Å². The number of carbonyl (C=O) groups is 3. The van der Waals surface area contributed by atoms with Crippen molar-refractivity contribution in [3.05, 3.63) is 70.8 Å². The average molecular weight is 573 g/mol. The van der Waals surface area contributed by atoms with E-state index in [0.29, 0.717) is 17.4 Å². The molecule has 0 spiro atoms. The minimum Gasteiger partial charge on any atom is -0.480 e. The maximum absolute atomic E-state index is 13.7. The van der Waals surface area contributed by atoms with Crippen LogP contribution >= 0.6 is 0 Å². The van der Waals surface area contributed by atoms with Gasteiger partial charge in [0.1, 0.15) is 6.04 Å². The highest BCUT2D eigenvalue weighted by Crippen LogP contribution is 2.31. The summed E-state index contributed by atoms with van der Waals surface area (Å²) in [6, 6.07) is 13.9. The molecule has 0 radical (unpaired) electrons.